The van der Waals surface area contributed by atoms with Gasteiger partial charge in [-0.25, -0.2) is 4.79 Å². The summed E-state index contributed by atoms with van der Waals surface area (Å²) in [6.45, 7) is 7.07. The molecule has 0 spiro atoms. The summed E-state index contributed by atoms with van der Waals surface area (Å²) in [5.74, 6) is -13.7. The highest BCUT2D eigenvalue weighted by atomic mass is 16.4. The summed E-state index contributed by atoms with van der Waals surface area (Å²) < 4.78 is 0. The van der Waals surface area contributed by atoms with E-state index in [9.17, 15) is 78.3 Å². The number of carbonyl (C=O) groups is 11. The minimum Gasteiger partial charge on any atom is -0.508 e. The number of aromatic hydroxyl groups is 1. The maximum atomic E-state index is 13.8. The number of amides is 9. The maximum absolute atomic E-state index is 13.8. The molecule has 27 heteroatoms. The first kappa shape index (κ1) is 60.0. The lowest BCUT2D eigenvalue weighted by Gasteiger charge is -2.28. The molecular weight excluding hydrogens is 917 g/mol. The Morgan fingerprint density at radius 2 is 0.942 bits per heavy atom. The molecule has 0 saturated heterocycles. The van der Waals surface area contributed by atoms with Gasteiger partial charge in [0, 0.05) is 6.42 Å². The molecule has 69 heavy (non-hydrogen) atoms. The Bertz CT molecular complexity index is 1980. The quantitative estimate of drug-likeness (QED) is 0.0341. The number of nitrogens with one attached hydrogen (secondary N) is 8. The zero-order valence-electron chi connectivity index (χ0n) is 39.0. The maximum Gasteiger partial charge on any atom is 0.326 e. The van der Waals surface area contributed by atoms with Crippen LogP contribution in [0.2, 0.25) is 0 Å². The molecule has 0 bridgehead atoms. The van der Waals surface area contributed by atoms with Crippen molar-refractivity contribution in [2.24, 2.45) is 23.3 Å². The van der Waals surface area contributed by atoms with E-state index in [1.54, 1.807) is 27.7 Å². The third kappa shape index (κ3) is 21.7. The van der Waals surface area contributed by atoms with E-state index in [4.69, 9.17) is 16.6 Å². The minimum atomic E-state index is -1.86. The van der Waals surface area contributed by atoms with Gasteiger partial charge in [-0.15, -0.1) is 0 Å². The fourth-order valence-corrected chi connectivity index (χ4v) is 6.24. The van der Waals surface area contributed by atoms with E-state index in [0.29, 0.717) is 5.56 Å². The Morgan fingerprint density at radius 3 is 1.36 bits per heavy atom. The number of carboxylic acid groups (broad SMARTS) is 2. The summed E-state index contributed by atoms with van der Waals surface area (Å²) in [4.78, 5) is 142. The number of phenolic OH excluding ortho intramolecular Hbond substituents is 1. The van der Waals surface area contributed by atoms with Crippen LogP contribution >= 0.6 is 0 Å². The molecular formula is C42H66N10O17. The van der Waals surface area contributed by atoms with Crippen LogP contribution in [-0.2, 0) is 59.2 Å². The largest absolute Gasteiger partial charge is 0.508 e. The summed E-state index contributed by atoms with van der Waals surface area (Å²) in [5, 5.41) is 76.2. The molecule has 18 N–H and O–H groups in total. The molecule has 0 unspecified atom stereocenters. The number of carbonyl (C=O) groups excluding carboxylic acids is 9. The van der Waals surface area contributed by atoms with Gasteiger partial charge in [-0.05, 0) is 56.2 Å². The number of hydrogen-bond acceptors (Lipinski definition) is 16. The lowest BCUT2D eigenvalue weighted by Crippen LogP contribution is -2.61. The van der Waals surface area contributed by atoms with Crippen LogP contribution in [0.25, 0.3) is 0 Å². The Labute approximate surface area is 396 Å². The van der Waals surface area contributed by atoms with Crippen molar-refractivity contribution in [1.82, 2.24) is 42.5 Å². The minimum absolute atomic E-state index is 0.0981. The predicted molar refractivity (Wildman–Crippen MR) is 239 cm³/mol. The van der Waals surface area contributed by atoms with Gasteiger partial charge in [-0.1, -0.05) is 39.8 Å². The molecule has 0 fully saturated rings. The molecule has 386 valence electrons. The van der Waals surface area contributed by atoms with Crippen LogP contribution in [0.15, 0.2) is 24.3 Å². The lowest BCUT2D eigenvalue weighted by atomic mass is 9.99. The SMILES string of the molecule is CC(C)C[C@H](NC(=O)[C@H](CC(=O)O)NC(=O)[C@H](C)NC(=O)[C@@H](NC(=O)[C@@H](N)CO)[C@@H](C)O)C(=O)N[C@@H](CC(C)C)C(=O)N[C@@H](CO)C(=O)N[C@@H](CC(N)=O)C(=O)N[C@@H](Cc1ccc(O)cc1)C(=O)O. The van der Waals surface area contributed by atoms with Crippen molar-refractivity contribution in [3.63, 3.8) is 0 Å². The van der Waals surface area contributed by atoms with Crippen LogP contribution in [0.1, 0.15) is 72.8 Å². The highest BCUT2D eigenvalue weighted by Crippen LogP contribution is 2.13. The number of primary amides is 1. The Hall–Kier alpha value is -6.97. The average Bonchev–Trinajstić information content (AvgIpc) is 3.25. The van der Waals surface area contributed by atoms with E-state index in [0.717, 1.165) is 13.8 Å². The summed E-state index contributed by atoms with van der Waals surface area (Å²) >= 11 is 0. The van der Waals surface area contributed by atoms with Crippen LogP contribution in [-0.4, -0.2) is 169 Å². The van der Waals surface area contributed by atoms with Gasteiger partial charge in [-0.3, -0.25) is 47.9 Å². The van der Waals surface area contributed by atoms with E-state index in [-0.39, 0.29) is 36.8 Å². The van der Waals surface area contributed by atoms with Gasteiger partial charge in [0.2, 0.25) is 53.2 Å². The second kappa shape index (κ2) is 29.0. The smallest absolute Gasteiger partial charge is 0.326 e. The Kier molecular flexibility index (Phi) is 25.3. The molecule has 0 aromatic heterocycles. The summed E-state index contributed by atoms with van der Waals surface area (Å²) in [6, 6.07) is -9.27. The fourth-order valence-electron chi connectivity index (χ4n) is 6.24. The first-order valence-corrected chi connectivity index (χ1v) is 21.7. The third-order valence-corrected chi connectivity index (χ3v) is 9.88. The van der Waals surface area contributed by atoms with Crippen molar-refractivity contribution in [2.75, 3.05) is 13.2 Å². The molecule has 0 saturated carbocycles. The number of rotatable bonds is 30. The van der Waals surface area contributed by atoms with Crippen molar-refractivity contribution in [3.8, 4) is 5.75 Å². The molecule has 9 amide bonds. The van der Waals surface area contributed by atoms with Gasteiger partial charge < -0.3 is 84.6 Å². The molecule has 0 radical (unpaired) electrons. The van der Waals surface area contributed by atoms with Crippen LogP contribution in [0.3, 0.4) is 0 Å². The van der Waals surface area contributed by atoms with E-state index in [2.05, 4.69) is 42.5 Å². The molecule has 1 aromatic rings. The van der Waals surface area contributed by atoms with Gasteiger partial charge in [0.25, 0.3) is 0 Å². The Balaban J connectivity index is 3.26. The fraction of sp³-hybridized carbons (Fsp3) is 0.595. The van der Waals surface area contributed by atoms with Crippen LogP contribution in [0.5, 0.6) is 5.75 Å². The van der Waals surface area contributed by atoms with Crippen molar-refractivity contribution in [1.29, 1.82) is 0 Å². The van der Waals surface area contributed by atoms with Crippen molar-refractivity contribution in [3.05, 3.63) is 29.8 Å². The van der Waals surface area contributed by atoms with Gasteiger partial charge in [0.15, 0.2) is 0 Å². The van der Waals surface area contributed by atoms with Crippen LogP contribution in [0, 0.1) is 11.8 Å². The van der Waals surface area contributed by atoms with Crippen LogP contribution in [0.4, 0.5) is 0 Å². The number of aliphatic carboxylic acids is 2. The first-order chi connectivity index (χ1) is 32.1. The van der Waals surface area contributed by atoms with Crippen molar-refractivity contribution >= 4 is 65.1 Å². The van der Waals surface area contributed by atoms with Gasteiger partial charge >= 0.3 is 11.9 Å². The second-order valence-electron chi connectivity index (χ2n) is 17.0. The lowest BCUT2D eigenvalue weighted by molar-refractivity contribution is -0.142. The molecule has 0 aliphatic rings. The topological polar surface area (TPSA) is 457 Å². The zero-order chi connectivity index (χ0) is 52.9. The number of carboxylic acids is 2. The standard InChI is InChI=1S/C42H66N10O17/c1-18(2)11-25(48-39(65)28(15-32(58)59)46-34(60)20(5)45-41(67)33(21(6)55)52-35(61)24(43)16-53)36(62)47-26(12-19(3)4)37(63)51-30(17-54)40(66)49-27(14-31(44)57)38(64)50-29(42(68)69)13-22-7-9-23(56)10-8-22/h7-10,18-21,24-30,33,53-56H,11-17,43H2,1-6H3,(H2,44,57)(H,45,67)(H,46,60)(H,47,62)(H,48,65)(H,49,66)(H,50,64)(H,51,63)(H,52,61)(H,58,59)(H,68,69)/t20-,21+,24-,25-,26-,27-,28-,29-,30-,33-/m0/s1. The summed E-state index contributed by atoms with van der Waals surface area (Å²) in [7, 11) is 0. The highest BCUT2D eigenvalue weighted by molar-refractivity contribution is 5.99. The number of hydrogen-bond donors (Lipinski definition) is 16. The van der Waals surface area contributed by atoms with E-state index >= 15 is 0 Å². The summed E-state index contributed by atoms with van der Waals surface area (Å²) in [5.41, 5.74) is 11.1. The number of phenols is 1. The molecule has 0 aliphatic carbocycles. The third-order valence-electron chi connectivity index (χ3n) is 9.88. The number of benzene rings is 1. The van der Waals surface area contributed by atoms with Gasteiger partial charge in [0.1, 0.15) is 60.1 Å². The average molecular weight is 983 g/mol. The molecule has 27 nitrogen and oxygen atoms in total. The highest BCUT2D eigenvalue weighted by Gasteiger charge is 2.36. The number of aliphatic hydroxyl groups excluding tert-OH is 3. The van der Waals surface area contributed by atoms with Gasteiger partial charge in [-0.2, -0.15) is 0 Å². The summed E-state index contributed by atoms with van der Waals surface area (Å²) in [6.07, 6.45) is -3.87. The van der Waals surface area contributed by atoms with Crippen LogP contribution < -0.4 is 54.0 Å². The Morgan fingerprint density at radius 1 is 0.522 bits per heavy atom. The molecule has 10 atom stereocenters. The monoisotopic (exact) mass is 982 g/mol. The van der Waals surface area contributed by atoms with E-state index in [1.165, 1.54) is 24.3 Å². The van der Waals surface area contributed by atoms with Gasteiger partial charge in [0.05, 0.1) is 32.2 Å². The van der Waals surface area contributed by atoms with Crippen molar-refractivity contribution in [2.45, 2.75) is 134 Å². The zero-order valence-corrected chi connectivity index (χ0v) is 39.0. The molecule has 0 aliphatic heterocycles. The number of aliphatic hydroxyl groups is 3. The first-order valence-electron chi connectivity index (χ1n) is 21.7. The van der Waals surface area contributed by atoms with E-state index in [1.807, 2.05) is 0 Å². The second-order valence-corrected chi connectivity index (χ2v) is 17.0. The number of nitrogens with two attached hydrogens (primary N) is 2. The predicted octanol–water partition coefficient (Wildman–Crippen LogP) is -5.95. The molecule has 1 aromatic carbocycles. The molecule has 0 heterocycles. The normalized spacial score (nSPS) is 15.5. The van der Waals surface area contributed by atoms with Crippen molar-refractivity contribution < 1.29 is 83.4 Å². The molecule has 1 rings (SSSR count). The van der Waals surface area contributed by atoms with E-state index < -0.39 is 152 Å².